The number of aliphatic hydroxyl groups is 1. The minimum absolute atomic E-state index is 0.148. The first kappa shape index (κ1) is 20.9. The first-order valence-electron chi connectivity index (χ1n) is 10.8. The Bertz CT molecular complexity index is 725. The fourth-order valence-electron chi connectivity index (χ4n) is 4.80. The summed E-state index contributed by atoms with van der Waals surface area (Å²) in [7, 11) is 3.44. The molecule has 4 rings (SSSR count). The molecular formula is C23H35NO5. The van der Waals surface area contributed by atoms with Gasteiger partial charge in [0.15, 0.2) is 11.5 Å². The van der Waals surface area contributed by atoms with Crippen molar-refractivity contribution in [2.24, 2.45) is 0 Å². The molecule has 0 aromatic heterocycles. The van der Waals surface area contributed by atoms with Crippen LogP contribution >= 0.6 is 0 Å². The summed E-state index contributed by atoms with van der Waals surface area (Å²) in [4.78, 5) is 2.44. The summed E-state index contributed by atoms with van der Waals surface area (Å²) in [6.45, 7) is 7.85. The topological polar surface area (TPSA) is 60.4 Å². The molecule has 2 fully saturated rings. The Morgan fingerprint density at radius 1 is 1.03 bits per heavy atom. The van der Waals surface area contributed by atoms with Crippen molar-refractivity contribution in [3.63, 3.8) is 0 Å². The summed E-state index contributed by atoms with van der Waals surface area (Å²) in [5.74, 6) is 1.60. The van der Waals surface area contributed by atoms with Crippen molar-refractivity contribution in [3.8, 4) is 11.5 Å². The lowest BCUT2D eigenvalue weighted by atomic mass is 9.84. The number of rotatable bonds is 5. The number of hydrogen-bond acceptors (Lipinski definition) is 6. The van der Waals surface area contributed by atoms with Crippen molar-refractivity contribution in [1.29, 1.82) is 0 Å². The van der Waals surface area contributed by atoms with E-state index in [1.165, 1.54) is 11.1 Å². The van der Waals surface area contributed by atoms with Crippen LogP contribution in [0.5, 0.6) is 11.5 Å². The van der Waals surface area contributed by atoms with Gasteiger partial charge in [-0.25, -0.2) is 0 Å². The van der Waals surface area contributed by atoms with Crippen LogP contribution in [-0.4, -0.2) is 67.3 Å². The molecule has 1 N–H and O–H groups in total. The van der Waals surface area contributed by atoms with E-state index in [9.17, 15) is 5.11 Å². The van der Waals surface area contributed by atoms with Crippen molar-refractivity contribution in [2.45, 2.75) is 82.5 Å². The second-order valence-corrected chi connectivity index (χ2v) is 9.60. The minimum Gasteiger partial charge on any atom is -0.493 e. The van der Waals surface area contributed by atoms with Gasteiger partial charge in [0.2, 0.25) is 0 Å². The molecule has 0 amide bonds. The van der Waals surface area contributed by atoms with Crippen LogP contribution in [0, 0.1) is 0 Å². The fourth-order valence-corrected chi connectivity index (χ4v) is 4.80. The molecule has 29 heavy (non-hydrogen) atoms. The average molecular weight is 406 g/mol. The molecule has 1 aromatic carbocycles. The lowest BCUT2D eigenvalue weighted by Gasteiger charge is -2.47. The molecule has 0 spiro atoms. The van der Waals surface area contributed by atoms with E-state index in [4.69, 9.17) is 18.9 Å². The number of nitrogens with zero attached hydrogens (tertiary/aromatic N) is 1. The molecule has 3 aliphatic rings. The van der Waals surface area contributed by atoms with Gasteiger partial charge < -0.3 is 24.1 Å². The smallest absolute Gasteiger partial charge is 0.161 e. The standard InChI is InChI=1S/C23H35NO5/c1-23(2,3)29-22-13-24-7-6-14-8-21(28-16-9-15(10-16)26-4)20(27-5)11-17(14)18(24)12-19(22)25/h8,11,15-16,18-19,22,25H,6-7,9-10,12-13H2,1-5H3/t15?,16?,18-,19-,22-/m1/s1. The zero-order valence-electron chi connectivity index (χ0n) is 18.3. The van der Waals surface area contributed by atoms with Crippen molar-refractivity contribution in [3.05, 3.63) is 23.3 Å². The number of piperidine rings is 1. The highest BCUT2D eigenvalue weighted by atomic mass is 16.5. The zero-order valence-corrected chi connectivity index (χ0v) is 18.3. The van der Waals surface area contributed by atoms with Crippen molar-refractivity contribution >= 4 is 0 Å². The predicted octanol–water partition coefficient (Wildman–Crippen LogP) is 3.10. The van der Waals surface area contributed by atoms with Gasteiger partial charge in [0, 0.05) is 39.1 Å². The van der Waals surface area contributed by atoms with Crippen LogP contribution in [0.25, 0.3) is 0 Å². The maximum Gasteiger partial charge on any atom is 0.161 e. The van der Waals surface area contributed by atoms with Gasteiger partial charge in [0.05, 0.1) is 31.0 Å². The number of ether oxygens (including phenoxy) is 4. The fraction of sp³-hybridized carbons (Fsp3) is 0.739. The summed E-state index contributed by atoms with van der Waals surface area (Å²) >= 11 is 0. The van der Waals surface area contributed by atoms with Gasteiger partial charge in [-0.2, -0.15) is 0 Å². The quantitative estimate of drug-likeness (QED) is 0.812. The molecule has 2 heterocycles. The molecule has 0 unspecified atom stereocenters. The Balaban J connectivity index is 1.51. The molecule has 1 aliphatic carbocycles. The van der Waals surface area contributed by atoms with Gasteiger partial charge in [-0.3, -0.25) is 4.90 Å². The molecule has 1 saturated heterocycles. The minimum atomic E-state index is -0.468. The Hall–Kier alpha value is -1.34. The SMILES string of the molecule is COc1cc2c(cc1OC1CC(OC)C1)CCN1C[C@@H](OC(C)(C)C)[C@H](O)C[C@H]21. The Morgan fingerprint density at radius 2 is 1.79 bits per heavy atom. The molecule has 162 valence electrons. The average Bonchev–Trinajstić information content (AvgIpc) is 2.63. The molecular weight excluding hydrogens is 370 g/mol. The van der Waals surface area contributed by atoms with Crippen LogP contribution < -0.4 is 9.47 Å². The van der Waals surface area contributed by atoms with Crippen LogP contribution in [0.2, 0.25) is 0 Å². The number of hydrogen-bond donors (Lipinski definition) is 1. The molecule has 3 atom stereocenters. The summed E-state index contributed by atoms with van der Waals surface area (Å²) in [6, 6.07) is 4.46. The molecule has 6 heteroatoms. The molecule has 0 radical (unpaired) electrons. The number of fused-ring (bicyclic) bond motifs is 3. The van der Waals surface area contributed by atoms with E-state index in [1.54, 1.807) is 14.2 Å². The van der Waals surface area contributed by atoms with Crippen molar-refractivity contribution < 1.29 is 24.1 Å². The highest BCUT2D eigenvalue weighted by Crippen LogP contribution is 2.43. The number of benzene rings is 1. The van der Waals surface area contributed by atoms with E-state index in [0.29, 0.717) is 12.5 Å². The van der Waals surface area contributed by atoms with Gasteiger partial charge in [-0.05, 0) is 56.9 Å². The van der Waals surface area contributed by atoms with E-state index in [2.05, 4.69) is 17.0 Å². The van der Waals surface area contributed by atoms with Gasteiger partial charge in [-0.1, -0.05) is 0 Å². The lowest BCUT2D eigenvalue weighted by Crippen LogP contribution is -2.53. The van der Waals surface area contributed by atoms with Crippen molar-refractivity contribution in [2.75, 3.05) is 27.3 Å². The van der Waals surface area contributed by atoms with Gasteiger partial charge in [0.1, 0.15) is 6.10 Å². The Labute approximate surface area is 174 Å². The molecule has 2 aliphatic heterocycles. The summed E-state index contributed by atoms with van der Waals surface area (Å²) < 4.78 is 23.4. The monoisotopic (exact) mass is 405 g/mol. The molecule has 1 aromatic rings. The van der Waals surface area contributed by atoms with Gasteiger partial charge in [0.25, 0.3) is 0 Å². The number of methoxy groups -OCH3 is 2. The Morgan fingerprint density at radius 3 is 2.45 bits per heavy atom. The van der Waals surface area contributed by atoms with Crippen molar-refractivity contribution in [1.82, 2.24) is 4.90 Å². The van der Waals surface area contributed by atoms with Crippen LogP contribution in [0.1, 0.15) is 57.2 Å². The van der Waals surface area contributed by atoms with Crippen LogP contribution in [0.4, 0.5) is 0 Å². The van der Waals surface area contributed by atoms with Crippen LogP contribution in [0.15, 0.2) is 12.1 Å². The normalized spacial score (nSPS) is 32.1. The summed E-state index contributed by atoms with van der Waals surface area (Å²) in [5.41, 5.74) is 2.29. The highest BCUT2D eigenvalue weighted by Gasteiger charge is 2.41. The predicted molar refractivity (Wildman–Crippen MR) is 111 cm³/mol. The van der Waals surface area contributed by atoms with E-state index in [0.717, 1.165) is 43.9 Å². The molecule has 0 bridgehead atoms. The maximum atomic E-state index is 10.8. The first-order valence-corrected chi connectivity index (χ1v) is 10.8. The molecule has 6 nitrogen and oxygen atoms in total. The number of aliphatic hydroxyl groups excluding tert-OH is 1. The van der Waals surface area contributed by atoms with E-state index in [-0.39, 0.29) is 23.9 Å². The van der Waals surface area contributed by atoms with Crippen LogP contribution in [-0.2, 0) is 15.9 Å². The zero-order chi connectivity index (χ0) is 20.8. The maximum absolute atomic E-state index is 10.8. The largest absolute Gasteiger partial charge is 0.493 e. The molecule has 1 saturated carbocycles. The third-order valence-corrected chi connectivity index (χ3v) is 6.39. The summed E-state index contributed by atoms with van der Waals surface area (Å²) in [5, 5.41) is 10.8. The van der Waals surface area contributed by atoms with Crippen LogP contribution in [0.3, 0.4) is 0 Å². The lowest BCUT2D eigenvalue weighted by molar-refractivity contribution is -0.149. The second-order valence-electron chi connectivity index (χ2n) is 9.60. The van der Waals surface area contributed by atoms with E-state index >= 15 is 0 Å². The Kier molecular flexibility index (Phi) is 5.81. The third-order valence-electron chi connectivity index (χ3n) is 6.39. The first-order chi connectivity index (χ1) is 13.8. The second kappa shape index (κ2) is 8.06. The van der Waals surface area contributed by atoms with E-state index in [1.807, 2.05) is 20.8 Å². The highest BCUT2D eigenvalue weighted by molar-refractivity contribution is 5.50. The van der Waals surface area contributed by atoms with Gasteiger partial charge in [-0.15, -0.1) is 0 Å². The summed E-state index contributed by atoms with van der Waals surface area (Å²) in [6.07, 6.45) is 3.38. The van der Waals surface area contributed by atoms with Gasteiger partial charge >= 0.3 is 0 Å². The van der Waals surface area contributed by atoms with E-state index < -0.39 is 6.10 Å². The third kappa shape index (κ3) is 4.41.